The van der Waals surface area contributed by atoms with Crippen LogP contribution in [-0.2, 0) is 9.53 Å². The van der Waals surface area contributed by atoms with Crippen molar-refractivity contribution in [1.82, 2.24) is 9.97 Å². The first-order chi connectivity index (χ1) is 11.5. The van der Waals surface area contributed by atoms with Crippen molar-refractivity contribution in [3.8, 4) is 0 Å². The predicted octanol–water partition coefficient (Wildman–Crippen LogP) is 1.55. The van der Waals surface area contributed by atoms with E-state index in [4.69, 9.17) is 16.2 Å². The van der Waals surface area contributed by atoms with E-state index < -0.39 is 5.97 Å². The maximum absolute atomic E-state index is 11.9. The van der Waals surface area contributed by atoms with Crippen LogP contribution in [0.5, 0.6) is 0 Å². The van der Waals surface area contributed by atoms with Gasteiger partial charge in [0.1, 0.15) is 11.6 Å². The van der Waals surface area contributed by atoms with Gasteiger partial charge < -0.3 is 21.5 Å². The smallest absolute Gasteiger partial charge is 0.338 e. The van der Waals surface area contributed by atoms with Crippen LogP contribution >= 0.6 is 11.8 Å². The Kier molecular flexibility index (Phi) is 5.96. The normalized spacial score (nSPS) is 10.2. The first-order valence-corrected chi connectivity index (χ1v) is 8.06. The number of esters is 1. The maximum Gasteiger partial charge on any atom is 0.338 e. The lowest BCUT2D eigenvalue weighted by molar-refractivity contribution is -0.113. The minimum atomic E-state index is -0.401. The van der Waals surface area contributed by atoms with E-state index in [9.17, 15) is 9.59 Å². The van der Waals surface area contributed by atoms with Gasteiger partial charge in [0.25, 0.3) is 0 Å². The molecule has 0 saturated carbocycles. The number of ether oxygens (including phenoxy) is 1. The molecule has 24 heavy (non-hydrogen) atoms. The van der Waals surface area contributed by atoms with Crippen LogP contribution in [0.2, 0.25) is 0 Å². The van der Waals surface area contributed by atoms with E-state index in [1.807, 2.05) is 0 Å². The van der Waals surface area contributed by atoms with Crippen molar-refractivity contribution in [1.29, 1.82) is 0 Å². The Labute approximate surface area is 143 Å². The van der Waals surface area contributed by atoms with E-state index in [0.29, 0.717) is 23.0 Å². The number of rotatable bonds is 6. The summed E-state index contributed by atoms with van der Waals surface area (Å²) in [4.78, 5) is 31.4. The van der Waals surface area contributed by atoms with E-state index in [0.717, 1.165) is 11.8 Å². The molecule has 2 rings (SSSR count). The summed E-state index contributed by atoms with van der Waals surface area (Å²) in [7, 11) is 0. The molecule has 0 aliphatic carbocycles. The highest BCUT2D eigenvalue weighted by Crippen LogP contribution is 2.17. The molecule has 5 N–H and O–H groups in total. The second-order valence-corrected chi connectivity index (χ2v) is 5.58. The minimum absolute atomic E-state index is 0.0997. The number of nitrogen functional groups attached to an aromatic ring is 2. The Hall–Kier alpha value is -2.81. The van der Waals surface area contributed by atoms with Gasteiger partial charge in [-0.15, -0.1) is 0 Å². The molecule has 1 aromatic carbocycles. The summed E-state index contributed by atoms with van der Waals surface area (Å²) in [5, 5.41) is 3.04. The van der Waals surface area contributed by atoms with Crippen LogP contribution in [-0.4, -0.2) is 34.2 Å². The van der Waals surface area contributed by atoms with Crippen molar-refractivity contribution in [3.63, 3.8) is 0 Å². The zero-order chi connectivity index (χ0) is 17.5. The number of aromatic nitrogens is 2. The second kappa shape index (κ2) is 8.16. The molecule has 0 spiro atoms. The Balaban J connectivity index is 1.89. The summed E-state index contributed by atoms with van der Waals surface area (Å²) in [6.45, 7) is 2.05. The van der Waals surface area contributed by atoms with Crippen LogP contribution in [0.25, 0.3) is 0 Å². The Morgan fingerprint density at radius 2 is 1.79 bits per heavy atom. The van der Waals surface area contributed by atoms with E-state index >= 15 is 0 Å². The lowest BCUT2D eigenvalue weighted by Crippen LogP contribution is -2.14. The van der Waals surface area contributed by atoms with Gasteiger partial charge in [-0.3, -0.25) is 4.79 Å². The maximum atomic E-state index is 11.9. The summed E-state index contributed by atoms with van der Waals surface area (Å²) >= 11 is 1.12. The standard InChI is InChI=1S/C15H17N5O3S/c1-2-23-14(22)9-3-5-10(6-4-9)18-13(21)8-24-15-19-11(16)7-12(17)20-15/h3-7H,2,8H2,1H3,(H,18,21)(H4,16,17,19,20). The number of nitrogens with one attached hydrogen (secondary N) is 1. The summed E-state index contributed by atoms with van der Waals surface area (Å²) in [6, 6.07) is 7.87. The summed E-state index contributed by atoms with van der Waals surface area (Å²) in [6.07, 6.45) is 0. The summed E-state index contributed by atoms with van der Waals surface area (Å²) in [5.74, 6) is -0.0431. The fourth-order valence-electron chi connectivity index (χ4n) is 1.76. The molecular formula is C15H17N5O3S. The number of hydrogen-bond donors (Lipinski definition) is 3. The van der Waals surface area contributed by atoms with Crippen molar-refractivity contribution in [2.75, 3.05) is 29.1 Å². The van der Waals surface area contributed by atoms with E-state index in [1.54, 1.807) is 31.2 Å². The van der Waals surface area contributed by atoms with Crippen LogP contribution in [0.15, 0.2) is 35.5 Å². The summed E-state index contributed by atoms with van der Waals surface area (Å²) in [5.41, 5.74) is 12.1. The zero-order valence-electron chi connectivity index (χ0n) is 13.0. The lowest BCUT2D eigenvalue weighted by atomic mass is 10.2. The largest absolute Gasteiger partial charge is 0.462 e. The van der Waals surface area contributed by atoms with Gasteiger partial charge >= 0.3 is 5.97 Å². The second-order valence-electron chi connectivity index (χ2n) is 4.63. The Morgan fingerprint density at radius 1 is 1.17 bits per heavy atom. The van der Waals surface area contributed by atoms with Crippen molar-refractivity contribution in [2.24, 2.45) is 0 Å². The topological polar surface area (TPSA) is 133 Å². The van der Waals surface area contributed by atoms with E-state index in [1.165, 1.54) is 6.07 Å². The number of amides is 1. The first-order valence-electron chi connectivity index (χ1n) is 7.08. The van der Waals surface area contributed by atoms with Gasteiger partial charge in [-0.25, -0.2) is 14.8 Å². The third-order valence-corrected chi connectivity index (χ3v) is 3.60. The fourth-order valence-corrected chi connectivity index (χ4v) is 2.43. The molecule has 0 atom stereocenters. The summed E-state index contributed by atoms with van der Waals surface area (Å²) < 4.78 is 4.89. The van der Waals surface area contributed by atoms with Gasteiger partial charge in [0.05, 0.1) is 17.9 Å². The number of hydrogen-bond acceptors (Lipinski definition) is 8. The number of carbonyl (C=O) groups excluding carboxylic acids is 2. The van der Waals surface area contributed by atoms with Crippen LogP contribution in [0.3, 0.4) is 0 Å². The highest BCUT2D eigenvalue weighted by Gasteiger charge is 2.09. The van der Waals surface area contributed by atoms with Gasteiger partial charge in [-0.1, -0.05) is 11.8 Å². The molecule has 126 valence electrons. The molecule has 0 saturated heterocycles. The number of benzene rings is 1. The molecule has 0 aliphatic rings. The zero-order valence-corrected chi connectivity index (χ0v) is 13.8. The van der Waals surface area contributed by atoms with Gasteiger partial charge in [-0.05, 0) is 31.2 Å². The molecule has 8 nitrogen and oxygen atoms in total. The van der Waals surface area contributed by atoms with Gasteiger partial charge in [0.15, 0.2) is 5.16 Å². The lowest BCUT2D eigenvalue weighted by Gasteiger charge is -2.06. The molecule has 2 aromatic rings. The quantitative estimate of drug-likeness (QED) is 0.407. The van der Waals surface area contributed by atoms with Crippen molar-refractivity contribution >= 4 is 41.0 Å². The molecule has 1 amide bonds. The first kappa shape index (κ1) is 17.5. The molecule has 1 aromatic heterocycles. The molecule has 9 heteroatoms. The molecule has 0 radical (unpaired) electrons. The SMILES string of the molecule is CCOC(=O)c1ccc(NC(=O)CSc2nc(N)cc(N)n2)cc1. The number of nitrogens with two attached hydrogens (primary N) is 2. The number of carbonyl (C=O) groups is 2. The fraction of sp³-hybridized carbons (Fsp3) is 0.200. The number of nitrogens with zero attached hydrogens (tertiary/aromatic N) is 2. The number of anilines is 3. The van der Waals surface area contributed by atoms with E-state index in [2.05, 4.69) is 15.3 Å². The Morgan fingerprint density at radius 3 is 2.38 bits per heavy atom. The van der Waals surface area contributed by atoms with Gasteiger partial charge in [-0.2, -0.15) is 0 Å². The molecule has 0 unspecified atom stereocenters. The highest BCUT2D eigenvalue weighted by atomic mass is 32.2. The molecule has 0 bridgehead atoms. The monoisotopic (exact) mass is 347 g/mol. The third-order valence-electron chi connectivity index (χ3n) is 2.76. The molecule has 0 aliphatic heterocycles. The van der Waals surface area contributed by atoms with Crippen molar-refractivity contribution in [3.05, 3.63) is 35.9 Å². The minimum Gasteiger partial charge on any atom is -0.462 e. The van der Waals surface area contributed by atoms with Gasteiger partial charge in [0.2, 0.25) is 5.91 Å². The van der Waals surface area contributed by atoms with Crippen molar-refractivity contribution < 1.29 is 14.3 Å². The highest BCUT2D eigenvalue weighted by molar-refractivity contribution is 7.99. The average molecular weight is 347 g/mol. The van der Waals surface area contributed by atoms with E-state index in [-0.39, 0.29) is 23.3 Å². The van der Waals surface area contributed by atoms with Crippen LogP contribution in [0, 0.1) is 0 Å². The number of thioether (sulfide) groups is 1. The predicted molar refractivity (Wildman–Crippen MR) is 92.6 cm³/mol. The average Bonchev–Trinajstić information content (AvgIpc) is 2.53. The molecule has 1 heterocycles. The Bertz CT molecular complexity index is 716. The van der Waals surface area contributed by atoms with Crippen LogP contribution in [0.4, 0.5) is 17.3 Å². The molecular weight excluding hydrogens is 330 g/mol. The van der Waals surface area contributed by atoms with Crippen LogP contribution < -0.4 is 16.8 Å². The molecule has 0 fully saturated rings. The van der Waals surface area contributed by atoms with Crippen molar-refractivity contribution in [2.45, 2.75) is 12.1 Å². The van der Waals surface area contributed by atoms with Crippen LogP contribution in [0.1, 0.15) is 17.3 Å². The van der Waals surface area contributed by atoms with Gasteiger partial charge in [0, 0.05) is 11.8 Å². The third kappa shape index (κ3) is 5.13.